The van der Waals surface area contributed by atoms with E-state index >= 15 is 0 Å². The smallest absolute Gasteiger partial charge is 0.410 e. The summed E-state index contributed by atoms with van der Waals surface area (Å²) in [4.78, 5) is 14.5. The van der Waals surface area contributed by atoms with Crippen molar-refractivity contribution in [1.29, 1.82) is 0 Å². The van der Waals surface area contributed by atoms with Crippen LogP contribution in [0.2, 0.25) is 0 Å². The third-order valence-corrected chi connectivity index (χ3v) is 7.98. The summed E-state index contributed by atoms with van der Waals surface area (Å²) in [5.74, 6) is 0.420. The molecule has 2 N–H and O–H groups in total. The van der Waals surface area contributed by atoms with E-state index in [1.54, 1.807) is 39.5 Å². The average molecular weight is 438 g/mol. The molecule has 0 radical (unpaired) electrons. The van der Waals surface area contributed by atoms with Crippen LogP contribution in [0, 0.1) is 5.92 Å². The highest BCUT2D eigenvalue weighted by atomic mass is 32.2. The number of nitrogens with two attached hydrogens (primary N) is 1. The van der Waals surface area contributed by atoms with E-state index < -0.39 is 15.6 Å². The maximum Gasteiger partial charge on any atom is 0.410 e. The molecular weight excluding hydrogens is 402 g/mol. The number of amides is 1. The first-order chi connectivity index (χ1) is 14.1. The summed E-state index contributed by atoms with van der Waals surface area (Å²) in [5, 5.41) is 0. The van der Waals surface area contributed by atoms with Gasteiger partial charge in [-0.3, -0.25) is 0 Å². The molecule has 1 saturated carbocycles. The van der Waals surface area contributed by atoms with Crippen molar-refractivity contribution in [1.82, 2.24) is 9.21 Å². The van der Waals surface area contributed by atoms with E-state index in [1.807, 2.05) is 20.8 Å². The molecule has 1 aliphatic carbocycles. The van der Waals surface area contributed by atoms with Crippen molar-refractivity contribution in [3.8, 4) is 0 Å². The third-order valence-electron chi connectivity index (χ3n) is 6.02. The van der Waals surface area contributed by atoms with Crippen molar-refractivity contribution in [2.24, 2.45) is 11.7 Å². The second-order valence-corrected chi connectivity index (χ2v) is 11.3. The Balaban J connectivity index is 1.78. The van der Waals surface area contributed by atoms with Gasteiger partial charge in [-0.05, 0) is 64.5 Å². The van der Waals surface area contributed by atoms with Crippen LogP contribution in [-0.2, 0) is 14.8 Å². The molecule has 1 amide bonds. The van der Waals surface area contributed by atoms with Crippen LogP contribution >= 0.6 is 0 Å². The first kappa shape index (κ1) is 23.0. The first-order valence-electron chi connectivity index (χ1n) is 10.9. The van der Waals surface area contributed by atoms with Crippen LogP contribution in [0.1, 0.15) is 52.9 Å². The van der Waals surface area contributed by atoms with Gasteiger partial charge in [0.1, 0.15) is 5.60 Å². The lowest BCUT2D eigenvalue weighted by Gasteiger charge is -2.41. The van der Waals surface area contributed by atoms with E-state index in [0.29, 0.717) is 30.3 Å². The van der Waals surface area contributed by atoms with Crippen molar-refractivity contribution in [3.63, 3.8) is 0 Å². The number of piperazine rings is 1. The molecule has 1 aromatic rings. The van der Waals surface area contributed by atoms with Crippen molar-refractivity contribution in [2.45, 2.75) is 75.5 Å². The zero-order valence-electron chi connectivity index (χ0n) is 18.3. The van der Waals surface area contributed by atoms with Gasteiger partial charge in [0.2, 0.25) is 10.0 Å². The first-order valence-corrected chi connectivity index (χ1v) is 12.3. The number of rotatable bonds is 5. The molecule has 8 heteroatoms. The van der Waals surface area contributed by atoms with E-state index in [-0.39, 0.29) is 24.7 Å². The van der Waals surface area contributed by atoms with E-state index in [4.69, 9.17) is 10.5 Å². The average Bonchev–Trinajstić information content (AvgIpc) is 3.10. The Hall–Kier alpha value is -1.64. The van der Waals surface area contributed by atoms with Gasteiger partial charge in [0.15, 0.2) is 0 Å². The Bertz CT molecular complexity index is 823. The molecule has 1 saturated heterocycles. The summed E-state index contributed by atoms with van der Waals surface area (Å²) in [7, 11) is -3.63. The number of carbonyl (C=O) groups excluding carboxylic acids is 1. The van der Waals surface area contributed by atoms with E-state index in [1.165, 1.54) is 0 Å². The highest BCUT2D eigenvalue weighted by Gasteiger charge is 2.39. The number of hydrogen-bond acceptors (Lipinski definition) is 5. The molecular formula is C22H35N3O4S. The van der Waals surface area contributed by atoms with Crippen LogP contribution in [0.3, 0.4) is 0 Å². The molecule has 3 rings (SSSR count). The number of benzene rings is 1. The molecule has 1 aromatic carbocycles. The molecule has 7 nitrogen and oxygen atoms in total. The van der Waals surface area contributed by atoms with Crippen molar-refractivity contribution in [3.05, 3.63) is 30.3 Å². The summed E-state index contributed by atoms with van der Waals surface area (Å²) < 4.78 is 33.8. The fourth-order valence-corrected chi connectivity index (χ4v) is 6.10. The molecule has 2 fully saturated rings. The summed E-state index contributed by atoms with van der Waals surface area (Å²) in [6, 6.07) is 8.42. The van der Waals surface area contributed by atoms with E-state index in [0.717, 1.165) is 25.7 Å². The molecule has 168 valence electrons. The number of carbonyl (C=O) groups is 1. The van der Waals surface area contributed by atoms with E-state index in [2.05, 4.69) is 0 Å². The van der Waals surface area contributed by atoms with Crippen LogP contribution in [0.5, 0.6) is 0 Å². The molecule has 0 aromatic heterocycles. The zero-order valence-corrected chi connectivity index (χ0v) is 19.1. The number of hydrogen-bond donors (Lipinski definition) is 1. The third kappa shape index (κ3) is 5.53. The predicted molar refractivity (Wildman–Crippen MR) is 116 cm³/mol. The topological polar surface area (TPSA) is 92.9 Å². The SMILES string of the molecule is CC(C)(C)OC(=O)N1CCN(S(=O)(=O)c2ccccc2)C(CCC2CCCC2N)C1. The number of ether oxygens (including phenoxy) is 1. The molecule has 3 atom stereocenters. The predicted octanol–water partition coefficient (Wildman–Crippen LogP) is 3.20. The zero-order chi connectivity index (χ0) is 21.9. The quantitative estimate of drug-likeness (QED) is 0.764. The molecule has 30 heavy (non-hydrogen) atoms. The van der Waals surface area contributed by atoms with Gasteiger partial charge < -0.3 is 15.4 Å². The van der Waals surface area contributed by atoms with Gasteiger partial charge in [0, 0.05) is 31.7 Å². The Kier molecular flexibility index (Phi) is 7.09. The minimum atomic E-state index is -3.63. The Morgan fingerprint density at radius 2 is 1.83 bits per heavy atom. The standard InChI is InChI=1S/C22H35N3O4S/c1-22(2,3)29-21(26)24-14-15-25(30(27,28)19-9-5-4-6-10-19)18(16-24)13-12-17-8-7-11-20(17)23/h4-6,9-10,17-18,20H,7-8,11-16,23H2,1-3H3. The summed E-state index contributed by atoms with van der Waals surface area (Å²) in [6.45, 7) is 6.42. The van der Waals surface area contributed by atoms with Crippen molar-refractivity contribution >= 4 is 16.1 Å². The molecule has 0 spiro atoms. The fraction of sp³-hybridized carbons (Fsp3) is 0.682. The van der Waals surface area contributed by atoms with Crippen LogP contribution in [0.25, 0.3) is 0 Å². The van der Waals surface area contributed by atoms with Crippen LogP contribution < -0.4 is 5.73 Å². The van der Waals surface area contributed by atoms with Crippen LogP contribution in [-0.4, -0.2) is 61.0 Å². The number of nitrogens with zero attached hydrogens (tertiary/aromatic N) is 2. The molecule has 1 heterocycles. The lowest BCUT2D eigenvalue weighted by atomic mass is 9.95. The fourth-order valence-electron chi connectivity index (χ4n) is 4.44. The minimum absolute atomic E-state index is 0.190. The van der Waals surface area contributed by atoms with Gasteiger partial charge in [0.05, 0.1) is 4.90 Å². The van der Waals surface area contributed by atoms with Gasteiger partial charge in [-0.1, -0.05) is 24.6 Å². The van der Waals surface area contributed by atoms with Crippen LogP contribution in [0.4, 0.5) is 4.79 Å². The number of sulfonamides is 1. The van der Waals surface area contributed by atoms with Crippen molar-refractivity contribution < 1.29 is 17.9 Å². The van der Waals surface area contributed by atoms with Gasteiger partial charge in [-0.25, -0.2) is 13.2 Å². The highest BCUT2D eigenvalue weighted by molar-refractivity contribution is 7.89. The van der Waals surface area contributed by atoms with Gasteiger partial charge in [-0.2, -0.15) is 4.31 Å². The normalized spacial score (nSPS) is 26.0. The van der Waals surface area contributed by atoms with Gasteiger partial charge in [-0.15, -0.1) is 0 Å². The van der Waals surface area contributed by atoms with E-state index in [9.17, 15) is 13.2 Å². The second kappa shape index (κ2) is 9.24. The highest BCUT2D eigenvalue weighted by Crippen LogP contribution is 2.31. The minimum Gasteiger partial charge on any atom is -0.444 e. The van der Waals surface area contributed by atoms with Gasteiger partial charge >= 0.3 is 6.09 Å². The Morgan fingerprint density at radius 3 is 2.43 bits per heavy atom. The lowest BCUT2D eigenvalue weighted by molar-refractivity contribution is 0.0122. The molecule has 3 unspecified atom stereocenters. The maximum absolute atomic E-state index is 13.3. The van der Waals surface area contributed by atoms with Crippen LogP contribution in [0.15, 0.2) is 35.2 Å². The molecule has 2 aliphatic rings. The summed E-state index contributed by atoms with van der Waals surface area (Å²) >= 11 is 0. The summed E-state index contributed by atoms with van der Waals surface area (Å²) in [6.07, 6.45) is 4.42. The lowest BCUT2D eigenvalue weighted by Crippen LogP contribution is -2.57. The monoisotopic (exact) mass is 437 g/mol. The Labute approximate surface area is 180 Å². The maximum atomic E-state index is 13.3. The Morgan fingerprint density at radius 1 is 1.13 bits per heavy atom. The molecule has 1 aliphatic heterocycles. The molecule has 0 bridgehead atoms. The largest absolute Gasteiger partial charge is 0.444 e. The summed E-state index contributed by atoms with van der Waals surface area (Å²) in [5.41, 5.74) is 5.65. The van der Waals surface area contributed by atoms with Crippen molar-refractivity contribution in [2.75, 3.05) is 19.6 Å². The van der Waals surface area contributed by atoms with Gasteiger partial charge in [0.25, 0.3) is 0 Å². The second-order valence-electron chi connectivity index (χ2n) is 9.44.